The normalized spacial score (nSPS) is 11.7. The fourth-order valence-electron chi connectivity index (χ4n) is 5.37. The molecule has 2 N–H and O–H groups in total. The van der Waals surface area contributed by atoms with Gasteiger partial charge in [-0.05, 0) is 72.8 Å². The molecule has 0 unspecified atom stereocenters. The number of hydrogen-bond acceptors (Lipinski definition) is 3. The molecule has 5 nitrogen and oxygen atoms in total. The van der Waals surface area contributed by atoms with E-state index in [-0.39, 0.29) is 0 Å². The third kappa shape index (κ3) is 6.45. The van der Waals surface area contributed by atoms with Gasteiger partial charge >= 0.3 is 0 Å². The lowest BCUT2D eigenvalue weighted by atomic mass is 10.1. The molecular formula is C34H35N3O2. The van der Waals surface area contributed by atoms with Crippen molar-refractivity contribution >= 4 is 33.8 Å². The number of rotatable bonds is 11. The maximum atomic E-state index is 11.3. The standard InChI is InChI=1S/C34H35N3O2/c1-2-37-32-13-7-6-12-30(32)31-23-29(18-20-33(31)37)25-36(22-8-11-26-9-4-3-5-10-26)24-28-16-14-27(15-17-28)19-21-34(38)35-39/h3-7,9-10,12-21,23,39H,2,8,11,22,24-25H2,1H3,(H,35,38). The molecule has 198 valence electrons. The smallest absolute Gasteiger partial charge is 0.267 e. The van der Waals surface area contributed by atoms with Crippen LogP contribution in [0.4, 0.5) is 0 Å². The molecule has 5 heteroatoms. The number of nitrogens with one attached hydrogen (secondary N) is 1. The molecule has 5 rings (SSSR count). The minimum atomic E-state index is -0.539. The molecule has 0 bridgehead atoms. The number of aryl methyl sites for hydroxylation is 2. The Bertz CT molecular complexity index is 1570. The lowest BCUT2D eigenvalue weighted by molar-refractivity contribution is -0.124. The number of carbonyl (C=O) groups is 1. The summed E-state index contributed by atoms with van der Waals surface area (Å²) >= 11 is 0. The first-order chi connectivity index (χ1) is 19.1. The highest BCUT2D eigenvalue weighted by Crippen LogP contribution is 2.30. The molecular weight excluding hydrogens is 482 g/mol. The summed E-state index contributed by atoms with van der Waals surface area (Å²) in [6, 6.07) is 34.5. The van der Waals surface area contributed by atoms with Crippen molar-refractivity contribution in [3.63, 3.8) is 0 Å². The van der Waals surface area contributed by atoms with Crippen LogP contribution >= 0.6 is 0 Å². The molecule has 0 aliphatic heterocycles. The van der Waals surface area contributed by atoms with Crippen molar-refractivity contribution in [2.45, 2.75) is 39.4 Å². The summed E-state index contributed by atoms with van der Waals surface area (Å²) in [4.78, 5) is 13.8. The Morgan fingerprint density at radius 1 is 0.821 bits per heavy atom. The molecule has 39 heavy (non-hydrogen) atoms. The fraction of sp³-hybridized carbons (Fsp3) is 0.206. The molecule has 0 atom stereocenters. The first-order valence-electron chi connectivity index (χ1n) is 13.6. The van der Waals surface area contributed by atoms with Crippen LogP contribution in [0.5, 0.6) is 0 Å². The summed E-state index contributed by atoms with van der Waals surface area (Å²) in [5, 5.41) is 11.3. The van der Waals surface area contributed by atoms with E-state index in [9.17, 15) is 4.79 Å². The van der Waals surface area contributed by atoms with Gasteiger partial charge in [0.15, 0.2) is 0 Å². The Hall–Kier alpha value is -4.19. The molecule has 0 saturated carbocycles. The Morgan fingerprint density at radius 3 is 2.28 bits per heavy atom. The number of carbonyl (C=O) groups excluding carboxylic acids is 1. The molecule has 0 spiro atoms. The van der Waals surface area contributed by atoms with Gasteiger partial charge in [-0.2, -0.15) is 0 Å². The van der Waals surface area contributed by atoms with Gasteiger partial charge in [0.25, 0.3) is 5.91 Å². The highest BCUT2D eigenvalue weighted by Gasteiger charge is 2.12. The van der Waals surface area contributed by atoms with E-state index in [2.05, 4.69) is 101 Å². The van der Waals surface area contributed by atoms with Gasteiger partial charge in [-0.15, -0.1) is 0 Å². The number of hydroxylamine groups is 1. The average Bonchev–Trinajstić information content (AvgIpc) is 3.30. The zero-order valence-electron chi connectivity index (χ0n) is 22.4. The van der Waals surface area contributed by atoms with Crippen LogP contribution < -0.4 is 5.48 Å². The second-order valence-electron chi connectivity index (χ2n) is 9.96. The largest absolute Gasteiger partial charge is 0.341 e. The number of nitrogens with zero attached hydrogens (tertiary/aromatic N) is 2. The molecule has 0 aliphatic carbocycles. The van der Waals surface area contributed by atoms with Crippen LogP contribution in [0.25, 0.3) is 27.9 Å². The second kappa shape index (κ2) is 12.6. The molecule has 0 aliphatic rings. The van der Waals surface area contributed by atoms with Gasteiger partial charge in [0.2, 0.25) is 0 Å². The van der Waals surface area contributed by atoms with Gasteiger partial charge in [-0.3, -0.25) is 14.9 Å². The van der Waals surface area contributed by atoms with Crippen LogP contribution in [0.2, 0.25) is 0 Å². The van der Waals surface area contributed by atoms with Crippen molar-refractivity contribution in [3.8, 4) is 0 Å². The van der Waals surface area contributed by atoms with Gasteiger partial charge < -0.3 is 4.57 Å². The number of amides is 1. The number of hydrogen-bond donors (Lipinski definition) is 2. The molecule has 0 fully saturated rings. The SMILES string of the molecule is CCn1c2ccccc2c2cc(CN(CCCc3ccccc3)Cc3ccc(C=CC(=O)NO)cc3)ccc21. The number of benzene rings is 4. The van der Waals surface area contributed by atoms with E-state index < -0.39 is 5.91 Å². The minimum Gasteiger partial charge on any atom is -0.341 e. The predicted molar refractivity (Wildman–Crippen MR) is 159 cm³/mol. The first-order valence-corrected chi connectivity index (χ1v) is 13.6. The molecule has 0 saturated heterocycles. The lowest BCUT2D eigenvalue weighted by Crippen LogP contribution is -2.24. The molecule has 1 heterocycles. The summed E-state index contributed by atoms with van der Waals surface area (Å²) in [6.07, 6.45) is 5.14. The van der Waals surface area contributed by atoms with Crippen molar-refractivity contribution in [2.24, 2.45) is 0 Å². The van der Waals surface area contributed by atoms with Crippen LogP contribution in [-0.4, -0.2) is 27.1 Å². The van der Waals surface area contributed by atoms with Gasteiger partial charge in [-0.25, -0.2) is 5.48 Å². The van der Waals surface area contributed by atoms with E-state index >= 15 is 0 Å². The number of aromatic nitrogens is 1. The zero-order chi connectivity index (χ0) is 27.0. The van der Waals surface area contributed by atoms with Crippen molar-refractivity contribution in [1.29, 1.82) is 0 Å². The van der Waals surface area contributed by atoms with E-state index in [4.69, 9.17) is 5.21 Å². The number of fused-ring (bicyclic) bond motifs is 3. The third-order valence-corrected chi connectivity index (χ3v) is 7.27. The first kappa shape index (κ1) is 26.4. The Balaban J connectivity index is 1.36. The molecule has 4 aromatic carbocycles. The highest BCUT2D eigenvalue weighted by molar-refractivity contribution is 6.08. The van der Waals surface area contributed by atoms with Crippen molar-refractivity contribution < 1.29 is 10.0 Å². The highest BCUT2D eigenvalue weighted by atomic mass is 16.5. The zero-order valence-corrected chi connectivity index (χ0v) is 22.4. The van der Waals surface area contributed by atoms with E-state index in [0.717, 1.165) is 44.6 Å². The topological polar surface area (TPSA) is 57.5 Å². The van der Waals surface area contributed by atoms with Gasteiger partial charge in [0.05, 0.1) is 0 Å². The average molecular weight is 518 g/mol. The van der Waals surface area contributed by atoms with Crippen molar-refractivity contribution in [3.05, 3.63) is 125 Å². The molecule has 5 aromatic rings. The van der Waals surface area contributed by atoms with Crippen molar-refractivity contribution in [1.82, 2.24) is 14.9 Å². The maximum Gasteiger partial charge on any atom is 0.267 e. The summed E-state index contributed by atoms with van der Waals surface area (Å²) < 4.78 is 2.40. The van der Waals surface area contributed by atoms with Crippen LogP contribution in [0.15, 0.2) is 103 Å². The summed E-state index contributed by atoms with van der Waals surface area (Å²) in [5.74, 6) is -0.539. The summed E-state index contributed by atoms with van der Waals surface area (Å²) in [7, 11) is 0. The molecule has 1 amide bonds. The van der Waals surface area contributed by atoms with E-state index in [1.807, 2.05) is 12.1 Å². The van der Waals surface area contributed by atoms with E-state index in [1.54, 1.807) is 11.6 Å². The predicted octanol–water partition coefficient (Wildman–Crippen LogP) is 6.97. The quantitative estimate of drug-likeness (QED) is 0.113. The second-order valence-corrected chi connectivity index (χ2v) is 9.96. The monoisotopic (exact) mass is 517 g/mol. The van der Waals surface area contributed by atoms with Crippen LogP contribution in [-0.2, 0) is 30.8 Å². The molecule has 0 radical (unpaired) electrons. The van der Waals surface area contributed by atoms with Gasteiger partial charge in [-0.1, -0.05) is 78.9 Å². The Morgan fingerprint density at radius 2 is 1.51 bits per heavy atom. The lowest BCUT2D eigenvalue weighted by Gasteiger charge is -2.23. The maximum absolute atomic E-state index is 11.3. The van der Waals surface area contributed by atoms with E-state index in [0.29, 0.717) is 0 Å². The Kier molecular flexibility index (Phi) is 8.51. The van der Waals surface area contributed by atoms with E-state index in [1.165, 1.54) is 44.6 Å². The van der Waals surface area contributed by atoms with Crippen LogP contribution in [0, 0.1) is 0 Å². The summed E-state index contributed by atoms with van der Waals surface area (Å²) in [6.45, 7) is 5.85. The minimum absolute atomic E-state index is 0.539. The Labute approximate surface area is 230 Å². The fourth-order valence-corrected chi connectivity index (χ4v) is 5.37. The third-order valence-electron chi connectivity index (χ3n) is 7.27. The molecule has 1 aromatic heterocycles. The van der Waals surface area contributed by atoms with Gasteiger partial charge in [0, 0.05) is 47.5 Å². The van der Waals surface area contributed by atoms with Crippen molar-refractivity contribution in [2.75, 3.05) is 6.54 Å². The number of para-hydroxylation sites is 1. The van der Waals surface area contributed by atoms with Gasteiger partial charge in [0.1, 0.15) is 0 Å². The van der Waals surface area contributed by atoms with Crippen LogP contribution in [0.3, 0.4) is 0 Å². The summed E-state index contributed by atoms with van der Waals surface area (Å²) in [5.41, 5.74) is 9.02. The van der Waals surface area contributed by atoms with Crippen LogP contribution in [0.1, 0.15) is 35.6 Å².